The molecule has 0 spiro atoms. The van der Waals surface area contributed by atoms with Gasteiger partial charge in [0.1, 0.15) is 19.3 Å². The average molecular weight is 894 g/mol. The van der Waals surface area contributed by atoms with Crippen LogP contribution in [0.1, 0.15) is 226 Å². The second-order valence-corrected chi connectivity index (χ2v) is 19.9. The zero-order valence-corrected chi connectivity index (χ0v) is 42.2. The predicted octanol–water partition coefficient (Wildman–Crippen LogP) is 15.3. The number of carbonyl (C=O) groups is 1. The molecule has 0 saturated carbocycles. The second kappa shape index (κ2) is 46.0. The van der Waals surface area contributed by atoms with E-state index in [1.165, 1.54) is 141 Å². The first-order valence-electron chi connectivity index (χ1n) is 25.9. The molecule has 0 aromatic rings. The smallest absolute Gasteiger partial charge is 0.306 e. The van der Waals surface area contributed by atoms with E-state index in [1.807, 2.05) is 21.1 Å². The molecule has 9 heteroatoms. The molecule has 0 heterocycles. The molecule has 0 rings (SSSR count). The van der Waals surface area contributed by atoms with Gasteiger partial charge in [0.25, 0.3) is 7.82 Å². The first kappa shape index (κ1) is 60.5. The second-order valence-electron chi connectivity index (χ2n) is 18.5. The molecule has 0 aliphatic heterocycles. The Morgan fingerprint density at radius 2 is 0.935 bits per heavy atom. The monoisotopic (exact) mass is 894 g/mol. The van der Waals surface area contributed by atoms with Gasteiger partial charge in [0.2, 0.25) is 0 Å². The maximum atomic E-state index is 12.8. The molecule has 364 valence electrons. The predicted molar refractivity (Wildman–Crippen MR) is 263 cm³/mol. The van der Waals surface area contributed by atoms with Gasteiger partial charge in [0.05, 0.1) is 34.4 Å². The highest BCUT2D eigenvalue weighted by atomic mass is 31.2. The summed E-state index contributed by atoms with van der Waals surface area (Å²) in [4.78, 5) is 25.2. The van der Waals surface area contributed by atoms with E-state index in [0.717, 1.165) is 64.2 Å². The molecule has 0 aliphatic carbocycles. The van der Waals surface area contributed by atoms with Crippen LogP contribution in [0, 0.1) is 0 Å². The lowest BCUT2D eigenvalue weighted by Crippen LogP contribution is -2.37. The molecule has 8 nitrogen and oxygen atoms in total. The number of phosphoric acid groups is 1. The minimum Gasteiger partial charge on any atom is -0.756 e. The van der Waals surface area contributed by atoms with E-state index in [1.54, 1.807) is 0 Å². The van der Waals surface area contributed by atoms with Crippen molar-refractivity contribution in [3.05, 3.63) is 48.6 Å². The fourth-order valence-corrected chi connectivity index (χ4v) is 7.91. The lowest BCUT2D eigenvalue weighted by atomic mass is 10.0. The Hall–Kier alpha value is -1.54. The Kier molecular flexibility index (Phi) is 44.9. The highest BCUT2D eigenvalue weighted by Gasteiger charge is 2.20. The Morgan fingerprint density at radius 1 is 0.516 bits per heavy atom. The molecule has 0 aliphatic rings. The van der Waals surface area contributed by atoms with Crippen LogP contribution in [0.5, 0.6) is 0 Å². The number of carbonyl (C=O) groups excluding carboxylic acids is 1. The van der Waals surface area contributed by atoms with Gasteiger partial charge in [-0.2, -0.15) is 0 Å². The summed E-state index contributed by atoms with van der Waals surface area (Å²) >= 11 is 0. The molecular weight excluding hydrogens is 794 g/mol. The van der Waals surface area contributed by atoms with Gasteiger partial charge in [-0.1, -0.05) is 217 Å². The van der Waals surface area contributed by atoms with Gasteiger partial charge in [-0.25, -0.2) is 0 Å². The van der Waals surface area contributed by atoms with Crippen LogP contribution in [0.3, 0.4) is 0 Å². The largest absolute Gasteiger partial charge is 0.756 e. The summed E-state index contributed by atoms with van der Waals surface area (Å²) in [5, 5.41) is 0. The van der Waals surface area contributed by atoms with Crippen LogP contribution in [0.2, 0.25) is 0 Å². The zero-order valence-electron chi connectivity index (χ0n) is 41.3. The van der Waals surface area contributed by atoms with E-state index in [4.69, 9.17) is 18.5 Å². The van der Waals surface area contributed by atoms with Gasteiger partial charge in [0, 0.05) is 13.0 Å². The Morgan fingerprint density at radius 3 is 1.40 bits per heavy atom. The minimum absolute atomic E-state index is 0.0245. The van der Waals surface area contributed by atoms with Crippen LogP contribution in [0.25, 0.3) is 0 Å². The molecule has 0 radical (unpaired) electrons. The number of hydrogen-bond acceptors (Lipinski definition) is 7. The van der Waals surface area contributed by atoms with Crippen molar-refractivity contribution in [2.45, 2.75) is 232 Å². The molecule has 0 aromatic heterocycles. The number of quaternary nitrogens is 1. The molecule has 0 bridgehead atoms. The highest BCUT2D eigenvalue weighted by Crippen LogP contribution is 2.38. The van der Waals surface area contributed by atoms with E-state index in [2.05, 4.69) is 62.5 Å². The van der Waals surface area contributed by atoms with Crippen LogP contribution in [-0.4, -0.2) is 70.7 Å². The van der Waals surface area contributed by atoms with E-state index < -0.39 is 13.9 Å². The summed E-state index contributed by atoms with van der Waals surface area (Å²) < 4.78 is 34.8. The van der Waals surface area contributed by atoms with Crippen LogP contribution in [0.15, 0.2) is 48.6 Å². The molecular formula is C53H100NO7P. The number of likely N-dealkylation sites (N-methyl/N-ethyl adjacent to an activating group) is 1. The van der Waals surface area contributed by atoms with Crippen molar-refractivity contribution in [1.82, 2.24) is 0 Å². The highest BCUT2D eigenvalue weighted by molar-refractivity contribution is 7.45. The first-order valence-corrected chi connectivity index (χ1v) is 27.3. The topological polar surface area (TPSA) is 94.1 Å². The van der Waals surface area contributed by atoms with Crippen LogP contribution < -0.4 is 4.89 Å². The van der Waals surface area contributed by atoms with Gasteiger partial charge < -0.3 is 27.9 Å². The summed E-state index contributed by atoms with van der Waals surface area (Å²) in [6.07, 6.45) is 57.0. The van der Waals surface area contributed by atoms with Gasteiger partial charge in [-0.3, -0.25) is 9.36 Å². The number of rotatable bonds is 48. The molecule has 0 fully saturated rings. The third-order valence-electron chi connectivity index (χ3n) is 11.1. The van der Waals surface area contributed by atoms with Crippen molar-refractivity contribution in [1.29, 1.82) is 0 Å². The lowest BCUT2D eigenvalue weighted by Gasteiger charge is -2.28. The van der Waals surface area contributed by atoms with Crippen LogP contribution >= 0.6 is 7.82 Å². The van der Waals surface area contributed by atoms with E-state index in [0.29, 0.717) is 24.1 Å². The van der Waals surface area contributed by atoms with Gasteiger partial charge >= 0.3 is 5.97 Å². The molecule has 0 aromatic carbocycles. The van der Waals surface area contributed by atoms with E-state index in [-0.39, 0.29) is 25.8 Å². The quantitative estimate of drug-likeness (QED) is 0.0197. The first-order chi connectivity index (χ1) is 30.1. The maximum absolute atomic E-state index is 12.8. The third-order valence-corrected chi connectivity index (χ3v) is 12.1. The molecule has 62 heavy (non-hydrogen) atoms. The lowest BCUT2D eigenvalue weighted by molar-refractivity contribution is -0.870. The SMILES string of the molecule is CC/C=C\C/C=C\C/C=C\C/C=C\CCCCCCCCCCC(=O)OC(COCCCCCCCCCCCCCCCCCCCCC)COP(=O)([O-])OCC[N+](C)(C)C. The minimum atomic E-state index is -4.53. The zero-order chi connectivity index (χ0) is 45.5. The average Bonchev–Trinajstić information content (AvgIpc) is 3.23. The van der Waals surface area contributed by atoms with Gasteiger partial charge in [-0.05, 0) is 51.4 Å². The van der Waals surface area contributed by atoms with Crippen molar-refractivity contribution in [2.75, 3.05) is 54.1 Å². The number of unbranched alkanes of at least 4 members (excludes halogenated alkanes) is 26. The summed E-state index contributed by atoms with van der Waals surface area (Å²) in [7, 11) is 1.35. The molecule has 2 unspecified atom stereocenters. The number of allylic oxidation sites excluding steroid dienone is 8. The molecule has 2 atom stereocenters. The van der Waals surface area contributed by atoms with Crippen molar-refractivity contribution >= 4 is 13.8 Å². The van der Waals surface area contributed by atoms with Crippen molar-refractivity contribution < 1.29 is 37.3 Å². The Labute approximate surface area is 384 Å². The van der Waals surface area contributed by atoms with Crippen LogP contribution in [-0.2, 0) is 27.9 Å². The van der Waals surface area contributed by atoms with Gasteiger partial charge in [0.15, 0.2) is 0 Å². The standard InChI is InChI=1S/C53H100NO7P/c1-6-8-10-12-14-16-18-20-22-24-26-27-28-30-32-34-36-38-40-42-44-46-53(55)61-52(51-60-62(56,57)59-49-47-54(3,4)5)50-58-48-45-43-41-39-37-35-33-31-29-25-23-21-19-17-15-13-11-9-7-2/h8,10,14,16,20,22,26-27,52H,6-7,9,11-13,15,17-19,21,23-25,28-51H2,1-5H3/b10-8-,16-14-,22-20-,27-26-. The summed E-state index contributed by atoms with van der Waals surface area (Å²) in [6, 6.07) is 0. The van der Waals surface area contributed by atoms with Crippen molar-refractivity contribution in [3.63, 3.8) is 0 Å². The Balaban J connectivity index is 4.14. The van der Waals surface area contributed by atoms with Crippen LogP contribution in [0.4, 0.5) is 0 Å². The van der Waals surface area contributed by atoms with Crippen molar-refractivity contribution in [2.24, 2.45) is 0 Å². The maximum Gasteiger partial charge on any atom is 0.306 e. The molecule has 0 saturated heterocycles. The number of nitrogens with zero attached hydrogens (tertiary/aromatic N) is 1. The fraction of sp³-hybridized carbons (Fsp3) is 0.830. The normalized spacial score (nSPS) is 14.0. The van der Waals surface area contributed by atoms with Crippen molar-refractivity contribution in [3.8, 4) is 0 Å². The molecule has 0 amide bonds. The Bertz CT molecular complexity index is 1130. The number of ether oxygens (including phenoxy) is 2. The third kappa shape index (κ3) is 49.5. The van der Waals surface area contributed by atoms with E-state index >= 15 is 0 Å². The van der Waals surface area contributed by atoms with Gasteiger partial charge in [-0.15, -0.1) is 0 Å². The number of phosphoric ester groups is 1. The molecule has 0 N–H and O–H groups in total. The summed E-state index contributed by atoms with van der Waals surface area (Å²) in [5.74, 6) is -0.340. The fourth-order valence-electron chi connectivity index (χ4n) is 7.19. The number of esters is 1. The van der Waals surface area contributed by atoms with E-state index in [9.17, 15) is 14.3 Å². The summed E-state index contributed by atoms with van der Waals surface area (Å²) in [5.41, 5.74) is 0. The number of hydrogen-bond donors (Lipinski definition) is 0. The summed E-state index contributed by atoms with van der Waals surface area (Å²) in [6.45, 7) is 5.33.